The SMILES string of the molecule is C=C(OCC)c1cccc2c1CCN1C(=O)CNC(=O)C=C21.C=[C](OCC)[Sn]([CH2]CCC)([CH2]CCC)[CH2]CCC.CC(N)=O.Cc1nc(-c2cccc3c2CCN2C(=O)CNC(=O)C=C32)co1.O=C1C=C2c3cccc(C(=O)CBr)c3CCN2C(=O)CN1.O=C1C=C2c3cccc(I)c3CCN2C(=O)CN1.[B]=NS.c1ncc(C2CC2)[nH]1. The molecule has 4 aromatic carbocycles. The van der Waals surface area contributed by atoms with Gasteiger partial charge in [-0.25, -0.2) is 9.97 Å². The number of alkyl halides is 1. The number of unbranched alkanes of at least 4 members (excludes halogenated alkanes) is 3. The van der Waals surface area contributed by atoms with Gasteiger partial charge < -0.3 is 60.7 Å². The van der Waals surface area contributed by atoms with Gasteiger partial charge in [0.15, 0.2) is 11.7 Å². The molecule has 2 aromatic heterocycles. The summed E-state index contributed by atoms with van der Waals surface area (Å²) in [6.07, 6.45) is 24.9. The number of nitrogens with zero attached hydrogens (tertiary/aromatic N) is 7. The number of ether oxygens (including phenoxy) is 2. The van der Waals surface area contributed by atoms with Crippen molar-refractivity contribution in [2.24, 2.45) is 10.0 Å². The smallest absolute Gasteiger partial charge is 0.0921 e. The van der Waals surface area contributed by atoms with E-state index < -0.39 is 18.4 Å². The zero-order valence-corrected chi connectivity index (χ0v) is 75.1. The molecular formula is C86H105BBrIN13O13SSn. The summed E-state index contributed by atoms with van der Waals surface area (Å²) in [6, 6.07) is 23.0. The minimum atomic E-state index is -2.24. The Labute approximate surface area is 717 Å². The average Bonchev–Trinajstić information content (AvgIpc) is 1.73. The zero-order valence-electron chi connectivity index (χ0n) is 67.6. The van der Waals surface area contributed by atoms with Crippen molar-refractivity contribution in [1.29, 1.82) is 0 Å². The Bertz CT molecular complexity index is 4760. The first-order valence-corrected chi connectivity index (χ1v) is 49.7. The number of aryl methyl sites for hydroxylation is 1. The molecular weight excluding hydrogens is 1790 g/mol. The molecule has 15 rings (SSSR count). The van der Waals surface area contributed by atoms with Gasteiger partial charge in [-0.2, -0.15) is 0 Å². The predicted octanol–water partition coefficient (Wildman–Crippen LogP) is 12.2. The van der Waals surface area contributed by atoms with Gasteiger partial charge in [0.25, 0.3) is 0 Å². The second-order valence-corrected chi connectivity index (χ2v) is 43.7. The fraction of sp³-hybridized carbons (Fsp3) is 0.395. The van der Waals surface area contributed by atoms with E-state index in [1.807, 2.05) is 73.8 Å². The summed E-state index contributed by atoms with van der Waals surface area (Å²) < 4.78 is 26.3. The number of Topliss-reactive ketones (excluding diaryl/α,β-unsaturated/α-hetero) is 1. The number of imidazole rings is 1. The van der Waals surface area contributed by atoms with E-state index in [-0.39, 0.29) is 90.5 Å². The van der Waals surface area contributed by atoms with Crippen molar-refractivity contribution >= 4 is 165 Å². The number of carbonyl (C=O) groups is 10. The summed E-state index contributed by atoms with van der Waals surface area (Å²) in [5.74, 6) is 0.398. The van der Waals surface area contributed by atoms with Crippen LogP contribution in [-0.2, 0) is 78.3 Å². The maximum absolute atomic E-state index is 12.2. The van der Waals surface area contributed by atoms with E-state index >= 15 is 0 Å². The summed E-state index contributed by atoms with van der Waals surface area (Å²) in [5.41, 5.74) is 19.7. The number of nitrogens with one attached hydrogen (secondary N) is 5. The largest absolute Gasteiger partial charge is 0.348 e. The van der Waals surface area contributed by atoms with E-state index in [1.54, 1.807) is 51.2 Å². The molecule has 0 atom stereocenters. The van der Waals surface area contributed by atoms with Crippen molar-refractivity contribution in [3.8, 4) is 11.3 Å². The van der Waals surface area contributed by atoms with Crippen molar-refractivity contribution in [3.05, 3.63) is 204 Å². The molecule has 0 saturated heterocycles. The van der Waals surface area contributed by atoms with Crippen molar-refractivity contribution in [2.75, 3.05) is 70.9 Å². The third kappa shape index (κ3) is 25.3. The minimum absolute atomic E-state index is 0.00491. The van der Waals surface area contributed by atoms with Crippen LogP contribution < -0.4 is 27.0 Å². The number of oxazole rings is 1. The maximum atomic E-state index is 12.2. The number of nitrogens with two attached hydrogens (primary N) is 1. The number of halogens is 2. The van der Waals surface area contributed by atoms with Gasteiger partial charge in [-0.3, -0.25) is 47.9 Å². The molecule has 117 heavy (non-hydrogen) atoms. The number of ketones is 1. The molecule has 26 nitrogen and oxygen atoms in total. The van der Waals surface area contributed by atoms with Crippen LogP contribution in [0.4, 0.5) is 0 Å². The first-order chi connectivity index (χ1) is 56.3. The number of carbonyl (C=O) groups excluding carboxylic acids is 10. The van der Waals surface area contributed by atoms with Crippen LogP contribution in [0, 0.1) is 10.5 Å². The number of aromatic amines is 1. The molecule has 1 aliphatic carbocycles. The number of hydrogen-bond acceptors (Lipinski definition) is 17. The van der Waals surface area contributed by atoms with E-state index in [2.05, 4.69) is 146 Å². The summed E-state index contributed by atoms with van der Waals surface area (Å²) in [6.45, 7) is 26.1. The maximum Gasteiger partial charge on any atom is 0.0921 e. The fourth-order valence-corrected chi connectivity index (χ4v) is 30.5. The van der Waals surface area contributed by atoms with Gasteiger partial charge in [0, 0.05) is 125 Å². The average molecular weight is 1900 g/mol. The van der Waals surface area contributed by atoms with Gasteiger partial charge in [-0.15, -0.1) is 0 Å². The zero-order chi connectivity index (χ0) is 84.9. The number of amides is 9. The van der Waals surface area contributed by atoms with Crippen molar-refractivity contribution in [2.45, 2.75) is 145 Å². The van der Waals surface area contributed by atoms with Crippen molar-refractivity contribution in [1.82, 2.24) is 55.8 Å². The quantitative estimate of drug-likeness (QED) is 0.00989. The van der Waals surface area contributed by atoms with Crippen molar-refractivity contribution in [3.63, 3.8) is 0 Å². The minimum Gasteiger partial charge on any atom is -0.348 e. The van der Waals surface area contributed by atoms with Gasteiger partial charge in [-0.05, 0) is 96.4 Å². The number of hydrogen-bond donors (Lipinski definition) is 7. The normalized spacial score (nSPS) is 15.9. The summed E-state index contributed by atoms with van der Waals surface area (Å²) in [5, 5.41) is 10.6. The second kappa shape index (κ2) is 46.0. The molecule has 10 heterocycles. The molecule has 0 spiro atoms. The molecule has 7 N–H and O–H groups in total. The summed E-state index contributed by atoms with van der Waals surface area (Å²) in [4.78, 5) is 135. The van der Waals surface area contributed by atoms with Gasteiger partial charge >= 0.3 is 144 Å². The van der Waals surface area contributed by atoms with Crippen molar-refractivity contribution < 1.29 is 61.8 Å². The Morgan fingerprint density at radius 1 is 0.607 bits per heavy atom. The Kier molecular flexibility index (Phi) is 36.5. The number of benzene rings is 4. The number of primary amides is 1. The third-order valence-electron chi connectivity index (χ3n) is 20.6. The number of thiol groups is 1. The molecule has 31 heteroatoms. The molecule has 9 aliphatic rings. The van der Waals surface area contributed by atoms with Gasteiger partial charge in [0.05, 0.1) is 67.2 Å². The standard InChI is InChI=1S/C17H15N3O3.C17H18N2O3.C15H13BrN2O3.C13H11IN2O2.C6H8N2.C4H7O.3C4H9.C2H5NO.BHNS.Sn/c1-10-19-14(9-23-10)12-3-2-4-13-11(12)5-6-20-15(13)7-16(21)18-8-17(20)22;1-3-22-11(2)12-5-4-6-14-13(12)7-8-19-15(14)9-16(20)18-10-17(19)21;16-7-13(19)11-3-1-2-10-9(11)4-5-18-12(10)6-14(20)17-8-15(18)21;14-10-3-1-2-9-8(10)4-5-16-11(9)6-12(17)15-7-13(16)18;1-2-5(1)6-3-7-4-8-6;1-3-5-4-2;3*1-3-4-2;1-2(3)4;1-2-3;/h2-4,7,9H,5-6,8H2,1H3,(H,18,21);4-6,9H,2-3,7-8,10H2,1H3,(H,18,20);1-3,6H,4-5,7-8H2,(H,17,20);1-3,6H,4-5,7H2,(H,15,17);3-5H,1-2H2,(H,7,8);1,4H2,2H3;3*1,3-4H2,2H3;1H3,(H2,3,4);3H;. The number of fused-ring (bicyclic) bond motifs is 12. The van der Waals surface area contributed by atoms with Crippen LogP contribution >= 0.6 is 51.3 Å². The van der Waals surface area contributed by atoms with E-state index in [0.29, 0.717) is 79.9 Å². The molecule has 1 radical (unpaired) electrons. The van der Waals surface area contributed by atoms with Gasteiger partial charge in [-0.1, -0.05) is 89.2 Å². The topological polar surface area (TPSA) is 343 Å². The van der Waals surface area contributed by atoms with Crippen LogP contribution in [0.1, 0.15) is 171 Å². The van der Waals surface area contributed by atoms with E-state index in [9.17, 15) is 47.9 Å². The molecule has 0 unspecified atom stereocenters. The molecule has 6 aromatic rings. The molecule has 1 saturated carbocycles. The van der Waals surface area contributed by atoms with Crippen LogP contribution in [0.15, 0.2) is 142 Å². The molecule has 8 aliphatic heterocycles. The van der Waals surface area contributed by atoms with Crippen LogP contribution in [0.2, 0.25) is 13.3 Å². The molecule has 0 bridgehead atoms. The van der Waals surface area contributed by atoms with Gasteiger partial charge in [0.2, 0.25) is 53.2 Å². The second-order valence-electron chi connectivity index (χ2n) is 28.6. The predicted molar refractivity (Wildman–Crippen MR) is 471 cm³/mol. The third-order valence-corrected chi connectivity index (χ3v) is 37.1. The van der Waals surface area contributed by atoms with Crippen LogP contribution in [0.5, 0.6) is 0 Å². The molecule has 1 fully saturated rings. The number of H-pyrrole nitrogens is 1. The molecule has 9 amide bonds. The molecule has 619 valence electrons. The van der Waals surface area contributed by atoms with E-state index in [4.69, 9.17) is 13.9 Å². The Hall–Kier alpha value is -9.54. The number of rotatable bonds is 19. The van der Waals surface area contributed by atoms with Crippen LogP contribution in [-0.4, -0.2) is 190 Å². The number of aromatic nitrogens is 3. The monoisotopic (exact) mass is 1900 g/mol. The summed E-state index contributed by atoms with van der Waals surface area (Å²) >= 11 is 6.43. The first-order valence-electron chi connectivity index (χ1n) is 39.6. The van der Waals surface area contributed by atoms with Gasteiger partial charge in [0.1, 0.15) is 17.7 Å². The van der Waals surface area contributed by atoms with E-state index in [1.165, 1.54) is 115 Å². The van der Waals surface area contributed by atoms with Crippen LogP contribution in [0.3, 0.4) is 0 Å². The van der Waals surface area contributed by atoms with E-state index in [0.717, 1.165) is 86.8 Å². The Morgan fingerprint density at radius 3 is 1.37 bits per heavy atom. The van der Waals surface area contributed by atoms with Crippen LogP contribution in [0.25, 0.3) is 39.8 Å². The summed E-state index contributed by atoms with van der Waals surface area (Å²) in [7, 11) is 4.34. The first kappa shape index (κ1) is 93.0. The Morgan fingerprint density at radius 2 is 0.983 bits per heavy atom. The fourth-order valence-electron chi connectivity index (χ4n) is 14.8. The Balaban J connectivity index is 0.000000175.